The van der Waals surface area contributed by atoms with Crippen LogP contribution in [0.25, 0.3) is 0 Å². The molecule has 0 amide bonds. The molecule has 0 heterocycles. The largest absolute Gasteiger partial charge is 0.486 e. The normalized spacial score (nSPS) is 10.2. The van der Waals surface area contributed by atoms with Gasteiger partial charge in [0.15, 0.2) is 11.6 Å². The highest BCUT2D eigenvalue weighted by Gasteiger charge is 2.03. The summed E-state index contributed by atoms with van der Waals surface area (Å²) in [6.07, 6.45) is 0. The van der Waals surface area contributed by atoms with Gasteiger partial charge in [0.2, 0.25) is 0 Å². The number of anilines is 1. The molecular formula is C13H11BrFNO. The number of nitrogens with two attached hydrogens (primary N) is 1. The summed E-state index contributed by atoms with van der Waals surface area (Å²) in [4.78, 5) is 0. The van der Waals surface area contributed by atoms with Crippen molar-refractivity contribution in [3.8, 4) is 5.75 Å². The molecule has 0 fully saturated rings. The average molecular weight is 296 g/mol. The maximum absolute atomic E-state index is 13.4. The van der Waals surface area contributed by atoms with Crippen LogP contribution >= 0.6 is 15.9 Å². The van der Waals surface area contributed by atoms with Crippen LogP contribution in [0.4, 0.5) is 10.1 Å². The first-order valence-electron chi connectivity index (χ1n) is 5.07. The highest BCUT2D eigenvalue weighted by Crippen LogP contribution is 2.22. The van der Waals surface area contributed by atoms with E-state index in [1.165, 1.54) is 6.07 Å². The van der Waals surface area contributed by atoms with Gasteiger partial charge in [0, 0.05) is 10.2 Å². The Morgan fingerprint density at radius 3 is 2.47 bits per heavy atom. The van der Waals surface area contributed by atoms with Crippen LogP contribution in [0.5, 0.6) is 5.75 Å². The minimum atomic E-state index is -0.380. The highest BCUT2D eigenvalue weighted by molar-refractivity contribution is 9.10. The van der Waals surface area contributed by atoms with Crippen molar-refractivity contribution in [1.82, 2.24) is 0 Å². The lowest BCUT2D eigenvalue weighted by Crippen LogP contribution is -1.97. The Morgan fingerprint density at radius 1 is 1.12 bits per heavy atom. The quantitative estimate of drug-likeness (QED) is 0.875. The van der Waals surface area contributed by atoms with Crippen molar-refractivity contribution >= 4 is 21.6 Å². The van der Waals surface area contributed by atoms with E-state index in [0.717, 1.165) is 5.56 Å². The molecule has 0 atom stereocenters. The van der Waals surface area contributed by atoms with Crippen LogP contribution in [0.1, 0.15) is 5.56 Å². The number of halogens is 2. The molecule has 4 heteroatoms. The molecule has 2 aromatic rings. The zero-order chi connectivity index (χ0) is 12.3. The molecule has 0 aliphatic carbocycles. The van der Waals surface area contributed by atoms with E-state index in [0.29, 0.717) is 16.8 Å². The minimum Gasteiger partial charge on any atom is -0.486 e. The molecule has 0 aliphatic rings. The number of nitrogen functional groups attached to an aromatic ring is 1. The fraction of sp³-hybridized carbons (Fsp3) is 0.0769. The Labute approximate surface area is 107 Å². The summed E-state index contributed by atoms with van der Waals surface area (Å²) >= 11 is 3.19. The van der Waals surface area contributed by atoms with Crippen LogP contribution in [0, 0.1) is 5.82 Å². The molecule has 0 unspecified atom stereocenters. The van der Waals surface area contributed by atoms with Crippen LogP contribution in [0.3, 0.4) is 0 Å². The summed E-state index contributed by atoms with van der Waals surface area (Å²) in [7, 11) is 0. The van der Waals surface area contributed by atoms with E-state index < -0.39 is 0 Å². The van der Waals surface area contributed by atoms with Crippen molar-refractivity contribution in [2.24, 2.45) is 0 Å². The Hall–Kier alpha value is -1.55. The van der Waals surface area contributed by atoms with Crippen LogP contribution in [-0.4, -0.2) is 0 Å². The van der Waals surface area contributed by atoms with Crippen LogP contribution < -0.4 is 10.5 Å². The Balaban J connectivity index is 2.04. The van der Waals surface area contributed by atoms with Gasteiger partial charge in [0.1, 0.15) is 6.61 Å². The van der Waals surface area contributed by atoms with Gasteiger partial charge < -0.3 is 10.5 Å². The smallest absolute Gasteiger partial charge is 0.166 e. The van der Waals surface area contributed by atoms with Crippen LogP contribution in [-0.2, 0) is 6.61 Å². The summed E-state index contributed by atoms with van der Waals surface area (Å²) in [6.45, 7) is 0.318. The van der Waals surface area contributed by atoms with Crippen molar-refractivity contribution in [1.29, 1.82) is 0 Å². The molecule has 0 saturated carbocycles. The SMILES string of the molecule is Nc1ccc(COc2ccc(Br)cc2F)cc1. The van der Waals surface area contributed by atoms with Gasteiger partial charge in [-0.25, -0.2) is 4.39 Å². The van der Waals surface area contributed by atoms with Crippen molar-refractivity contribution in [2.45, 2.75) is 6.61 Å². The number of benzene rings is 2. The molecule has 2 nitrogen and oxygen atoms in total. The topological polar surface area (TPSA) is 35.2 Å². The van der Waals surface area contributed by atoms with Crippen LogP contribution in [0.15, 0.2) is 46.9 Å². The van der Waals surface area contributed by atoms with Crippen molar-refractivity contribution in [2.75, 3.05) is 5.73 Å². The number of hydrogen-bond donors (Lipinski definition) is 1. The first kappa shape index (κ1) is 11.9. The molecule has 0 aliphatic heterocycles. The number of rotatable bonds is 3. The van der Waals surface area contributed by atoms with E-state index in [2.05, 4.69) is 15.9 Å². The van der Waals surface area contributed by atoms with Gasteiger partial charge in [-0.05, 0) is 35.9 Å². The predicted octanol–water partition coefficient (Wildman–Crippen LogP) is 3.75. The van der Waals surface area contributed by atoms with Gasteiger partial charge in [-0.3, -0.25) is 0 Å². The third kappa shape index (κ3) is 3.20. The van der Waals surface area contributed by atoms with E-state index in [1.54, 1.807) is 24.3 Å². The average Bonchev–Trinajstić information content (AvgIpc) is 2.30. The zero-order valence-electron chi connectivity index (χ0n) is 8.99. The highest BCUT2D eigenvalue weighted by atomic mass is 79.9. The molecule has 0 bridgehead atoms. The summed E-state index contributed by atoms with van der Waals surface area (Å²) in [5.74, 6) is -0.139. The van der Waals surface area contributed by atoms with E-state index in [1.807, 2.05) is 12.1 Å². The molecule has 88 valence electrons. The third-order valence-corrected chi connectivity index (χ3v) is 2.76. The second kappa shape index (κ2) is 5.19. The maximum Gasteiger partial charge on any atom is 0.166 e. The summed E-state index contributed by atoms with van der Waals surface area (Å²) < 4.78 is 19.5. The third-order valence-electron chi connectivity index (χ3n) is 2.27. The van der Waals surface area contributed by atoms with E-state index in [4.69, 9.17) is 10.5 Å². The molecule has 2 aromatic carbocycles. The van der Waals surface area contributed by atoms with Crippen molar-refractivity contribution in [3.05, 3.63) is 58.3 Å². The lowest BCUT2D eigenvalue weighted by atomic mass is 10.2. The molecule has 2 rings (SSSR count). The fourth-order valence-corrected chi connectivity index (χ4v) is 1.70. The molecule has 0 aromatic heterocycles. The summed E-state index contributed by atoms with van der Waals surface area (Å²) in [5.41, 5.74) is 7.21. The van der Waals surface area contributed by atoms with Gasteiger partial charge in [-0.2, -0.15) is 0 Å². The molecule has 0 saturated heterocycles. The Morgan fingerprint density at radius 2 is 1.82 bits per heavy atom. The first-order chi connectivity index (χ1) is 8.15. The lowest BCUT2D eigenvalue weighted by Gasteiger charge is -2.07. The number of ether oxygens (including phenoxy) is 1. The zero-order valence-corrected chi connectivity index (χ0v) is 10.6. The van der Waals surface area contributed by atoms with Gasteiger partial charge >= 0.3 is 0 Å². The van der Waals surface area contributed by atoms with Gasteiger partial charge in [0.05, 0.1) is 0 Å². The van der Waals surface area contributed by atoms with Gasteiger partial charge in [-0.15, -0.1) is 0 Å². The van der Waals surface area contributed by atoms with E-state index in [-0.39, 0.29) is 11.6 Å². The van der Waals surface area contributed by atoms with Gasteiger partial charge in [0.25, 0.3) is 0 Å². The van der Waals surface area contributed by atoms with Gasteiger partial charge in [-0.1, -0.05) is 28.1 Å². The van der Waals surface area contributed by atoms with E-state index in [9.17, 15) is 4.39 Å². The molecule has 0 spiro atoms. The number of hydrogen-bond acceptors (Lipinski definition) is 2. The van der Waals surface area contributed by atoms with Crippen LogP contribution in [0.2, 0.25) is 0 Å². The second-order valence-electron chi connectivity index (χ2n) is 3.61. The molecule has 17 heavy (non-hydrogen) atoms. The molecular weight excluding hydrogens is 285 g/mol. The van der Waals surface area contributed by atoms with E-state index >= 15 is 0 Å². The second-order valence-corrected chi connectivity index (χ2v) is 4.52. The monoisotopic (exact) mass is 295 g/mol. The lowest BCUT2D eigenvalue weighted by molar-refractivity contribution is 0.290. The maximum atomic E-state index is 13.4. The predicted molar refractivity (Wildman–Crippen MR) is 69.3 cm³/mol. The summed E-state index contributed by atoms with van der Waals surface area (Å²) in [6, 6.07) is 12.0. The summed E-state index contributed by atoms with van der Waals surface area (Å²) in [5, 5.41) is 0. The molecule has 2 N–H and O–H groups in total. The standard InChI is InChI=1S/C13H11BrFNO/c14-10-3-6-13(12(15)7-10)17-8-9-1-4-11(16)5-2-9/h1-7H,8,16H2. The molecule has 0 radical (unpaired) electrons. The first-order valence-corrected chi connectivity index (χ1v) is 5.87. The van der Waals surface area contributed by atoms with Crippen molar-refractivity contribution < 1.29 is 9.13 Å². The fourth-order valence-electron chi connectivity index (χ4n) is 1.37. The Kier molecular flexibility index (Phi) is 3.64. The minimum absolute atomic E-state index is 0.241. The Bertz CT molecular complexity index is 513. The van der Waals surface area contributed by atoms with Crippen molar-refractivity contribution in [3.63, 3.8) is 0 Å².